The van der Waals surface area contributed by atoms with Gasteiger partial charge in [0.1, 0.15) is 5.82 Å². The van der Waals surface area contributed by atoms with Crippen molar-refractivity contribution in [1.82, 2.24) is 9.55 Å². The smallest absolute Gasteiger partial charge is 0.127 e. The van der Waals surface area contributed by atoms with Gasteiger partial charge >= 0.3 is 0 Å². The molecule has 0 amide bonds. The molecule has 0 bridgehead atoms. The molecule has 2 N–H and O–H groups in total. The molecule has 21 heavy (non-hydrogen) atoms. The summed E-state index contributed by atoms with van der Waals surface area (Å²) in [5, 5.41) is 0. The number of halogens is 1. The molecule has 0 aliphatic rings. The Morgan fingerprint density at radius 2 is 2.19 bits per heavy atom. The normalized spacial score (nSPS) is 12.4. The van der Waals surface area contributed by atoms with Crippen molar-refractivity contribution in [2.75, 3.05) is 11.9 Å². The van der Waals surface area contributed by atoms with E-state index in [2.05, 4.69) is 58.0 Å². The molecule has 0 aliphatic carbocycles. The zero-order chi connectivity index (χ0) is 15.4. The molecule has 0 saturated carbocycles. The van der Waals surface area contributed by atoms with E-state index in [9.17, 15) is 0 Å². The number of nitrogens with zero attached hydrogens (tertiary/aromatic N) is 3. The number of anilines is 1. The molecule has 1 heterocycles. The van der Waals surface area contributed by atoms with Crippen LogP contribution in [0.5, 0.6) is 0 Å². The van der Waals surface area contributed by atoms with Crippen molar-refractivity contribution in [2.24, 2.45) is 12.8 Å². The fourth-order valence-corrected chi connectivity index (χ4v) is 3.01. The first-order valence-electron chi connectivity index (χ1n) is 7.22. The van der Waals surface area contributed by atoms with Gasteiger partial charge in [-0.2, -0.15) is 0 Å². The van der Waals surface area contributed by atoms with E-state index >= 15 is 0 Å². The number of aromatic nitrogens is 2. The van der Waals surface area contributed by atoms with E-state index in [0.717, 1.165) is 35.4 Å². The molecule has 1 atom stereocenters. The first kappa shape index (κ1) is 16.0. The predicted molar refractivity (Wildman–Crippen MR) is 91.4 cm³/mol. The van der Waals surface area contributed by atoms with Crippen LogP contribution in [-0.4, -0.2) is 22.6 Å². The van der Waals surface area contributed by atoms with E-state index in [1.165, 1.54) is 5.56 Å². The van der Waals surface area contributed by atoms with Gasteiger partial charge in [0, 0.05) is 37.0 Å². The van der Waals surface area contributed by atoms with Crippen molar-refractivity contribution in [3.8, 4) is 0 Å². The highest BCUT2D eigenvalue weighted by Gasteiger charge is 2.10. The van der Waals surface area contributed by atoms with Gasteiger partial charge in [-0.1, -0.05) is 13.0 Å². The summed E-state index contributed by atoms with van der Waals surface area (Å²) in [6.45, 7) is 2.89. The molecule has 1 aromatic carbocycles. The molecular weight excluding hydrogens is 328 g/mol. The van der Waals surface area contributed by atoms with Crippen molar-refractivity contribution in [2.45, 2.75) is 32.4 Å². The lowest BCUT2D eigenvalue weighted by Crippen LogP contribution is -2.22. The molecule has 2 rings (SSSR count). The zero-order valence-corrected chi connectivity index (χ0v) is 14.5. The third kappa shape index (κ3) is 4.08. The molecule has 5 heteroatoms. The Kier molecular flexibility index (Phi) is 5.42. The Labute approximate surface area is 135 Å². The quantitative estimate of drug-likeness (QED) is 0.870. The monoisotopic (exact) mass is 350 g/mol. The van der Waals surface area contributed by atoms with Gasteiger partial charge in [-0.05, 0) is 46.5 Å². The standard InChI is InChI=1S/C16H23BrN4/c1-4-13(18)9-12-5-6-15(14(17)10-12)21(3)11-16-19-7-8-20(16)2/h5-8,10,13H,4,9,11,18H2,1-3H3. The fourth-order valence-electron chi connectivity index (χ4n) is 2.28. The van der Waals surface area contributed by atoms with Crippen LogP contribution in [0.4, 0.5) is 5.69 Å². The Balaban J connectivity index is 2.11. The third-order valence-electron chi connectivity index (χ3n) is 3.75. The van der Waals surface area contributed by atoms with Gasteiger partial charge in [0.15, 0.2) is 0 Å². The number of nitrogens with two attached hydrogens (primary N) is 1. The highest BCUT2D eigenvalue weighted by atomic mass is 79.9. The Bertz CT molecular complexity index is 594. The summed E-state index contributed by atoms with van der Waals surface area (Å²) in [5.41, 5.74) is 8.45. The minimum absolute atomic E-state index is 0.230. The van der Waals surface area contributed by atoms with E-state index in [-0.39, 0.29) is 6.04 Å². The van der Waals surface area contributed by atoms with Crippen LogP contribution in [0.2, 0.25) is 0 Å². The maximum absolute atomic E-state index is 6.02. The van der Waals surface area contributed by atoms with E-state index < -0.39 is 0 Å². The second-order valence-corrected chi connectivity index (χ2v) is 6.32. The van der Waals surface area contributed by atoms with Crippen LogP contribution in [0.25, 0.3) is 0 Å². The molecular formula is C16H23BrN4. The molecule has 2 aromatic rings. The lowest BCUT2D eigenvalue weighted by Gasteiger charge is -2.21. The fraction of sp³-hybridized carbons (Fsp3) is 0.438. The van der Waals surface area contributed by atoms with Crippen molar-refractivity contribution in [1.29, 1.82) is 0 Å². The average Bonchev–Trinajstić information content (AvgIpc) is 2.84. The van der Waals surface area contributed by atoms with Crippen LogP contribution in [0.1, 0.15) is 24.7 Å². The Morgan fingerprint density at radius 1 is 1.43 bits per heavy atom. The molecule has 1 unspecified atom stereocenters. The third-order valence-corrected chi connectivity index (χ3v) is 4.38. The average molecular weight is 351 g/mol. The molecule has 4 nitrogen and oxygen atoms in total. The summed E-state index contributed by atoms with van der Waals surface area (Å²) >= 11 is 3.67. The van der Waals surface area contributed by atoms with E-state index in [0.29, 0.717) is 0 Å². The number of benzene rings is 1. The van der Waals surface area contributed by atoms with Crippen LogP contribution < -0.4 is 10.6 Å². The number of aryl methyl sites for hydroxylation is 1. The Morgan fingerprint density at radius 3 is 2.76 bits per heavy atom. The van der Waals surface area contributed by atoms with Crippen LogP contribution >= 0.6 is 15.9 Å². The number of rotatable bonds is 6. The van der Waals surface area contributed by atoms with Crippen LogP contribution in [-0.2, 0) is 20.0 Å². The highest BCUT2D eigenvalue weighted by Crippen LogP contribution is 2.28. The summed E-state index contributed by atoms with van der Waals surface area (Å²) in [4.78, 5) is 6.56. The van der Waals surface area contributed by atoms with Gasteiger partial charge in [0.05, 0.1) is 12.2 Å². The van der Waals surface area contributed by atoms with Crippen LogP contribution in [0, 0.1) is 0 Å². The number of hydrogen-bond acceptors (Lipinski definition) is 3. The Hall–Kier alpha value is -1.33. The molecule has 0 saturated heterocycles. The minimum atomic E-state index is 0.230. The van der Waals surface area contributed by atoms with Gasteiger partial charge in [-0.3, -0.25) is 0 Å². The lowest BCUT2D eigenvalue weighted by molar-refractivity contribution is 0.646. The molecule has 0 spiro atoms. The van der Waals surface area contributed by atoms with Crippen molar-refractivity contribution < 1.29 is 0 Å². The van der Waals surface area contributed by atoms with E-state index in [1.54, 1.807) is 0 Å². The van der Waals surface area contributed by atoms with Crippen molar-refractivity contribution >= 4 is 21.6 Å². The molecule has 1 aromatic heterocycles. The van der Waals surface area contributed by atoms with Crippen molar-refractivity contribution in [3.63, 3.8) is 0 Å². The van der Waals surface area contributed by atoms with Crippen molar-refractivity contribution in [3.05, 3.63) is 46.5 Å². The maximum Gasteiger partial charge on any atom is 0.127 e. The largest absolute Gasteiger partial charge is 0.366 e. The van der Waals surface area contributed by atoms with Gasteiger partial charge < -0.3 is 15.2 Å². The lowest BCUT2D eigenvalue weighted by atomic mass is 10.0. The second-order valence-electron chi connectivity index (χ2n) is 5.47. The van der Waals surface area contributed by atoms with Crippen LogP contribution in [0.15, 0.2) is 35.1 Å². The first-order chi connectivity index (χ1) is 10.0. The zero-order valence-electron chi connectivity index (χ0n) is 12.9. The first-order valence-corrected chi connectivity index (χ1v) is 8.02. The van der Waals surface area contributed by atoms with E-state index in [4.69, 9.17) is 5.73 Å². The molecule has 0 radical (unpaired) electrons. The maximum atomic E-state index is 6.02. The summed E-state index contributed by atoms with van der Waals surface area (Å²) in [7, 11) is 4.09. The number of imidazole rings is 1. The van der Waals surface area contributed by atoms with Gasteiger partial charge in [0.2, 0.25) is 0 Å². The molecule has 0 fully saturated rings. The summed E-state index contributed by atoms with van der Waals surface area (Å²) in [6, 6.07) is 6.70. The van der Waals surface area contributed by atoms with Gasteiger partial charge in [-0.25, -0.2) is 4.98 Å². The van der Waals surface area contributed by atoms with Gasteiger partial charge in [0.25, 0.3) is 0 Å². The summed E-state index contributed by atoms with van der Waals surface area (Å²) in [6.07, 6.45) is 5.71. The predicted octanol–water partition coefficient (Wildman–Crippen LogP) is 3.10. The second kappa shape index (κ2) is 7.09. The van der Waals surface area contributed by atoms with Gasteiger partial charge in [-0.15, -0.1) is 0 Å². The molecule has 114 valence electrons. The summed E-state index contributed by atoms with van der Waals surface area (Å²) in [5.74, 6) is 1.04. The SMILES string of the molecule is CCC(N)Cc1ccc(N(C)Cc2nccn2C)c(Br)c1. The highest BCUT2D eigenvalue weighted by molar-refractivity contribution is 9.10. The minimum Gasteiger partial charge on any atom is -0.366 e. The molecule has 0 aliphatic heterocycles. The van der Waals surface area contributed by atoms with Crippen LogP contribution in [0.3, 0.4) is 0 Å². The number of hydrogen-bond donors (Lipinski definition) is 1. The summed E-state index contributed by atoms with van der Waals surface area (Å²) < 4.78 is 3.14. The van der Waals surface area contributed by atoms with E-state index in [1.807, 2.05) is 24.0 Å². The topological polar surface area (TPSA) is 47.1 Å².